The lowest BCUT2D eigenvalue weighted by molar-refractivity contribution is -0.120. The number of anilines is 1. The zero-order valence-electron chi connectivity index (χ0n) is 11.6. The lowest BCUT2D eigenvalue weighted by atomic mass is 10.1. The fourth-order valence-corrected chi connectivity index (χ4v) is 2.19. The van der Waals surface area contributed by atoms with E-state index in [1.54, 1.807) is 20.3 Å². The highest BCUT2D eigenvalue weighted by Gasteiger charge is 2.48. The summed E-state index contributed by atoms with van der Waals surface area (Å²) in [7, 11) is 3.18. The largest absolute Gasteiger partial charge is 0.496 e. The van der Waals surface area contributed by atoms with Crippen molar-refractivity contribution in [3.8, 4) is 11.5 Å². The van der Waals surface area contributed by atoms with Crippen LogP contribution in [0.4, 0.5) is 5.69 Å². The van der Waals surface area contributed by atoms with E-state index in [2.05, 4.69) is 5.32 Å². The van der Waals surface area contributed by atoms with Crippen LogP contribution in [-0.4, -0.2) is 26.7 Å². The lowest BCUT2D eigenvalue weighted by Gasteiger charge is -2.17. The number of ether oxygens (including phenoxy) is 2. The van der Waals surface area contributed by atoms with Crippen molar-refractivity contribution in [2.24, 2.45) is 11.1 Å². The second-order valence-electron chi connectivity index (χ2n) is 4.91. The first-order valence-corrected chi connectivity index (χ1v) is 6.31. The van der Waals surface area contributed by atoms with Crippen LogP contribution >= 0.6 is 0 Å². The number of nitrogens with one attached hydrogen (secondary N) is 1. The minimum Gasteiger partial charge on any atom is -0.496 e. The molecule has 0 bridgehead atoms. The fourth-order valence-electron chi connectivity index (χ4n) is 2.19. The summed E-state index contributed by atoms with van der Waals surface area (Å²) in [6, 6.07) is 3.60. The van der Waals surface area contributed by atoms with Crippen molar-refractivity contribution in [1.29, 1.82) is 0 Å². The Bertz CT molecular complexity index is 496. The average Bonchev–Trinajstić information content (AvgIpc) is 3.20. The summed E-state index contributed by atoms with van der Waals surface area (Å²) >= 11 is 0. The number of rotatable bonds is 5. The highest BCUT2D eigenvalue weighted by molar-refractivity contribution is 5.98. The van der Waals surface area contributed by atoms with Crippen LogP contribution in [0.2, 0.25) is 0 Å². The van der Waals surface area contributed by atoms with Crippen LogP contribution in [0.1, 0.15) is 18.4 Å². The molecule has 0 aliphatic heterocycles. The van der Waals surface area contributed by atoms with Crippen molar-refractivity contribution in [2.75, 3.05) is 26.1 Å². The summed E-state index contributed by atoms with van der Waals surface area (Å²) in [5, 5.41) is 2.91. The predicted octanol–water partition coefficient (Wildman–Crippen LogP) is 1.69. The molecular weight excluding hydrogens is 244 g/mol. The maximum absolute atomic E-state index is 12.2. The van der Waals surface area contributed by atoms with Gasteiger partial charge >= 0.3 is 0 Å². The Morgan fingerprint density at radius 2 is 2.05 bits per heavy atom. The summed E-state index contributed by atoms with van der Waals surface area (Å²) in [4.78, 5) is 12.2. The molecule has 5 heteroatoms. The highest BCUT2D eigenvalue weighted by Crippen LogP contribution is 2.46. The molecule has 0 radical (unpaired) electrons. The van der Waals surface area contributed by atoms with Gasteiger partial charge in [0.15, 0.2) is 0 Å². The summed E-state index contributed by atoms with van der Waals surface area (Å²) in [6.45, 7) is 2.28. The van der Waals surface area contributed by atoms with Gasteiger partial charge in [-0.05, 0) is 31.9 Å². The number of hydrogen-bond acceptors (Lipinski definition) is 4. The van der Waals surface area contributed by atoms with E-state index in [1.165, 1.54) is 0 Å². The number of benzene rings is 1. The maximum Gasteiger partial charge on any atom is 0.231 e. The maximum atomic E-state index is 12.2. The Morgan fingerprint density at radius 1 is 1.37 bits per heavy atom. The number of methoxy groups -OCH3 is 2. The van der Waals surface area contributed by atoms with Crippen molar-refractivity contribution in [2.45, 2.75) is 19.8 Å². The minimum absolute atomic E-state index is 0.0298. The van der Waals surface area contributed by atoms with Gasteiger partial charge in [0.25, 0.3) is 0 Å². The van der Waals surface area contributed by atoms with Gasteiger partial charge in [-0.1, -0.05) is 0 Å². The van der Waals surface area contributed by atoms with Crippen molar-refractivity contribution in [1.82, 2.24) is 0 Å². The van der Waals surface area contributed by atoms with Gasteiger partial charge in [0.05, 0.1) is 25.3 Å². The van der Waals surface area contributed by atoms with Gasteiger partial charge in [-0.2, -0.15) is 0 Å². The molecule has 1 aliphatic rings. The van der Waals surface area contributed by atoms with Gasteiger partial charge in [0, 0.05) is 12.1 Å². The van der Waals surface area contributed by atoms with Crippen LogP contribution in [0.15, 0.2) is 12.1 Å². The van der Waals surface area contributed by atoms with Crippen LogP contribution < -0.4 is 20.5 Å². The molecule has 19 heavy (non-hydrogen) atoms. The Morgan fingerprint density at radius 3 is 2.53 bits per heavy atom. The van der Waals surface area contributed by atoms with E-state index in [0.717, 1.165) is 24.2 Å². The number of amides is 1. The molecule has 1 aromatic rings. The normalized spacial score (nSPS) is 15.8. The molecule has 0 spiro atoms. The van der Waals surface area contributed by atoms with Gasteiger partial charge in [-0.3, -0.25) is 4.79 Å². The molecule has 0 saturated heterocycles. The third kappa shape index (κ3) is 2.38. The van der Waals surface area contributed by atoms with Crippen molar-refractivity contribution in [3.63, 3.8) is 0 Å². The Kier molecular flexibility index (Phi) is 3.66. The second kappa shape index (κ2) is 5.09. The van der Waals surface area contributed by atoms with E-state index in [1.807, 2.05) is 13.0 Å². The Balaban J connectivity index is 2.25. The monoisotopic (exact) mass is 264 g/mol. The number of carbonyl (C=O) groups excluding carboxylic acids is 1. The van der Waals surface area contributed by atoms with E-state index < -0.39 is 0 Å². The zero-order valence-corrected chi connectivity index (χ0v) is 11.6. The molecule has 2 rings (SSSR count). The molecule has 1 aliphatic carbocycles. The molecule has 1 saturated carbocycles. The molecule has 1 aromatic carbocycles. The fraction of sp³-hybridized carbons (Fsp3) is 0.500. The first-order chi connectivity index (χ1) is 9.07. The third-order valence-corrected chi connectivity index (χ3v) is 3.75. The SMILES string of the molecule is COc1ccc(NC(=O)C2(CN)CC2)c(OC)c1C. The van der Waals surface area contributed by atoms with Crippen LogP contribution in [0.25, 0.3) is 0 Å². The molecule has 3 N–H and O–H groups in total. The molecule has 0 atom stereocenters. The topological polar surface area (TPSA) is 73.6 Å². The van der Waals surface area contributed by atoms with Crippen molar-refractivity contribution < 1.29 is 14.3 Å². The molecule has 0 unspecified atom stereocenters. The van der Waals surface area contributed by atoms with Gasteiger partial charge in [-0.25, -0.2) is 0 Å². The summed E-state index contributed by atoms with van der Waals surface area (Å²) in [5.41, 5.74) is 6.80. The smallest absolute Gasteiger partial charge is 0.231 e. The molecular formula is C14H20N2O3. The van der Waals surface area contributed by atoms with E-state index in [9.17, 15) is 4.79 Å². The summed E-state index contributed by atoms with van der Waals surface area (Å²) in [5.74, 6) is 1.33. The van der Waals surface area contributed by atoms with E-state index in [0.29, 0.717) is 18.0 Å². The van der Waals surface area contributed by atoms with E-state index in [4.69, 9.17) is 15.2 Å². The number of carbonyl (C=O) groups is 1. The Hall–Kier alpha value is -1.75. The predicted molar refractivity (Wildman–Crippen MR) is 73.6 cm³/mol. The number of nitrogens with two attached hydrogens (primary N) is 1. The van der Waals surface area contributed by atoms with Gasteiger partial charge < -0.3 is 20.5 Å². The second-order valence-corrected chi connectivity index (χ2v) is 4.91. The first-order valence-electron chi connectivity index (χ1n) is 6.31. The molecule has 1 fully saturated rings. The van der Waals surface area contributed by atoms with Crippen LogP contribution in [0.3, 0.4) is 0 Å². The van der Waals surface area contributed by atoms with Crippen LogP contribution in [0.5, 0.6) is 11.5 Å². The first kappa shape index (κ1) is 13.7. The zero-order chi connectivity index (χ0) is 14.0. The minimum atomic E-state index is -0.376. The van der Waals surface area contributed by atoms with Crippen LogP contribution in [0, 0.1) is 12.3 Å². The van der Waals surface area contributed by atoms with Gasteiger partial charge in [0.2, 0.25) is 5.91 Å². The lowest BCUT2D eigenvalue weighted by Crippen LogP contribution is -2.31. The van der Waals surface area contributed by atoms with Gasteiger partial charge in [0.1, 0.15) is 11.5 Å². The third-order valence-electron chi connectivity index (χ3n) is 3.75. The highest BCUT2D eigenvalue weighted by atomic mass is 16.5. The van der Waals surface area contributed by atoms with Gasteiger partial charge in [-0.15, -0.1) is 0 Å². The molecule has 0 heterocycles. The standard InChI is InChI=1S/C14H20N2O3/c1-9-11(18-2)5-4-10(12(9)19-3)16-13(17)14(8-15)6-7-14/h4-5H,6-8,15H2,1-3H3,(H,16,17). The average molecular weight is 264 g/mol. The van der Waals surface area contributed by atoms with E-state index in [-0.39, 0.29) is 11.3 Å². The number of hydrogen-bond donors (Lipinski definition) is 2. The Labute approximate surface area is 113 Å². The van der Waals surface area contributed by atoms with Crippen LogP contribution in [-0.2, 0) is 4.79 Å². The van der Waals surface area contributed by atoms with Crippen molar-refractivity contribution >= 4 is 11.6 Å². The molecule has 104 valence electrons. The quantitative estimate of drug-likeness (QED) is 0.848. The molecule has 5 nitrogen and oxygen atoms in total. The summed E-state index contributed by atoms with van der Waals surface area (Å²) < 4.78 is 10.6. The molecule has 0 aromatic heterocycles. The molecule has 1 amide bonds. The van der Waals surface area contributed by atoms with E-state index >= 15 is 0 Å². The van der Waals surface area contributed by atoms with Crippen molar-refractivity contribution in [3.05, 3.63) is 17.7 Å². The summed E-state index contributed by atoms with van der Waals surface area (Å²) in [6.07, 6.45) is 1.71.